The Labute approximate surface area is 82.0 Å². The number of carbonyl (C=O) groups is 2. The zero-order valence-electron chi connectivity index (χ0n) is 8.14. The van der Waals surface area contributed by atoms with Gasteiger partial charge < -0.3 is 14.9 Å². The van der Waals surface area contributed by atoms with Crippen molar-refractivity contribution in [2.24, 2.45) is 5.92 Å². The van der Waals surface area contributed by atoms with Gasteiger partial charge in [-0.1, -0.05) is 13.8 Å². The number of aliphatic hydroxyl groups excluding tert-OH is 1. The van der Waals surface area contributed by atoms with Crippen molar-refractivity contribution in [3.63, 3.8) is 0 Å². The van der Waals surface area contributed by atoms with Crippen molar-refractivity contribution in [1.29, 1.82) is 0 Å². The van der Waals surface area contributed by atoms with Gasteiger partial charge in [0.25, 0.3) is 0 Å². The van der Waals surface area contributed by atoms with Gasteiger partial charge in [0.1, 0.15) is 6.10 Å². The van der Waals surface area contributed by atoms with E-state index in [2.05, 4.69) is 0 Å². The summed E-state index contributed by atoms with van der Waals surface area (Å²) in [6.07, 6.45) is 0.908. The molecule has 0 saturated carbocycles. The minimum absolute atomic E-state index is 0.0119. The molecule has 0 amide bonds. The summed E-state index contributed by atoms with van der Waals surface area (Å²) >= 11 is 0. The first kappa shape index (κ1) is 12.6. The fourth-order valence-corrected chi connectivity index (χ4v) is 0.712. The molecular formula is C9H14O5. The van der Waals surface area contributed by atoms with E-state index in [4.69, 9.17) is 14.9 Å². The van der Waals surface area contributed by atoms with E-state index in [0.29, 0.717) is 6.08 Å². The van der Waals surface area contributed by atoms with Crippen LogP contribution in [0, 0.1) is 5.92 Å². The Morgan fingerprint density at radius 3 is 2.29 bits per heavy atom. The highest BCUT2D eigenvalue weighted by atomic mass is 16.6. The van der Waals surface area contributed by atoms with Gasteiger partial charge >= 0.3 is 11.9 Å². The van der Waals surface area contributed by atoms with E-state index >= 15 is 0 Å². The van der Waals surface area contributed by atoms with Crippen molar-refractivity contribution >= 4 is 11.9 Å². The molecule has 0 bridgehead atoms. The Bertz CT molecular complexity index is 231. The van der Waals surface area contributed by atoms with Gasteiger partial charge in [0.05, 0.1) is 6.61 Å². The zero-order chi connectivity index (χ0) is 11.1. The Hall–Kier alpha value is -1.36. The van der Waals surface area contributed by atoms with Crippen molar-refractivity contribution in [2.75, 3.05) is 6.61 Å². The van der Waals surface area contributed by atoms with Crippen molar-refractivity contribution in [2.45, 2.75) is 20.0 Å². The summed E-state index contributed by atoms with van der Waals surface area (Å²) in [4.78, 5) is 21.0. The predicted octanol–water partition coefficient (Wildman–Crippen LogP) is 0.187. The molecule has 0 spiro atoms. The Kier molecular flexibility index (Phi) is 5.55. The average molecular weight is 202 g/mol. The number of carboxylic acid groups (broad SMARTS) is 1. The fraction of sp³-hybridized carbons (Fsp3) is 0.556. The van der Waals surface area contributed by atoms with Gasteiger partial charge in [-0.05, 0) is 5.92 Å². The number of ether oxygens (including phenoxy) is 1. The lowest BCUT2D eigenvalue weighted by molar-refractivity contribution is -0.147. The van der Waals surface area contributed by atoms with Crippen molar-refractivity contribution < 1.29 is 24.5 Å². The number of aliphatic carboxylic acids is 1. The fourth-order valence-electron chi connectivity index (χ4n) is 0.712. The summed E-state index contributed by atoms with van der Waals surface area (Å²) in [7, 11) is 0. The van der Waals surface area contributed by atoms with Gasteiger partial charge in [0.2, 0.25) is 0 Å². The van der Waals surface area contributed by atoms with Gasteiger partial charge in [0, 0.05) is 12.2 Å². The standard InChI is InChI=1S/C9H14O5/c1-6(2)7(5-10)14-9(13)4-3-8(11)12/h3-4,6-7,10H,5H2,1-2H3,(H,11,12). The van der Waals surface area contributed by atoms with Crippen LogP contribution in [-0.4, -0.2) is 34.9 Å². The highest BCUT2D eigenvalue weighted by Crippen LogP contribution is 2.05. The third-order valence-electron chi connectivity index (χ3n) is 1.55. The monoisotopic (exact) mass is 202 g/mol. The highest BCUT2D eigenvalue weighted by molar-refractivity contribution is 5.90. The highest BCUT2D eigenvalue weighted by Gasteiger charge is 2.15. The lowest BCUT2D eigenvalue weighted by atomic mass is 10.1. The average Bonchev–Trinajstić information content (AvgIpc) is 2.10. The number of hydrogen-bond donors (Lipinski definition) is 2. The predicted molar refractivity (Wildman–Crippen MR) is 48.6 cm³/mol. The molecule has 1 unspecified atom stereocenters. The molecular weight excluding hydrogens is 188 g/mol. The summed E-state index contributed by atoms with van der Waals surface area (Å²) in [6.45, 7) is 3.30. The van der Waals surface area contributed by atoms with E-state index < -0.39 is 18.0 Å². The molecule has 0 aliphatic carbocycles. The Balaban J connectivity index is 4.10. The summed E-state index contributed by atoms with van der Waals surface area (Å²) in [5, 5.41) is 17.0. The third-order valence-corrected chi connectivity index (χ3v) is 1.55. The van der Waals surface area contributed by atoms with Gasteiger partial charge in [-0.25, -0.2) is 9.59 Å². The zero-order valence-corrected chi connectivity index (χ0v) is 8.14. The number of rotatable bonds is 5. The van der Waals surface area contributed by atoms with Gasteiger partial charge in [-0.3, -0.25) is 0 Å². The molecule has 14 heavy (non-hydrogen) atoms. The minimum atomic E-state index is -1.22. The molecule has 5 nitrogen and oxygen atoms in total. The molecule has 0 aromatic carbocycles. The van der Waals surface area contributed by atoms with Crippen LogP contribution in [0.5, 0.6) is 0 Å². The Morgan fingerprint density at radius 2 is 1.93 bits per heavy atom. The second-order valence-corrected chi connectivity index (χ2v) is 3.07. The maximum absolute atomic E-state index is 10.9. The molecule has 0 aromatic heterocycles. The van der Waals surface area contributed by atoms with E-state index in [9.17, 15) is 9.59 Å². The van der Waals surface area contributed by atoms with Crippen LogP contribution in [0.3, 0.4) is 0 Å². The van der Waals surface area contributed by atoms with E-state index in [1.807, 2.05) is 0 Å². The molecule has 0 aliphatic heterocycles. The first-order chi connectivity index (χ1) is 6.47. The molecule has 0 aromatic rings. The van der Waals surface area contributed by atoms with Crippen LogP contribution in [0.15, 0.2) is 12.2 Å². The second-order valence-electron chi connectivity index (χ2n) is 3.07. The number of carboxylic acids is 1. The van der Waals surface area contributed by atoms with Crippen LogP contribution < -0.4 is 0 Å². The first-order valence-electron chi connectivity index (χ1n) is 4.19. The summed E-state index contributed by atoms with van der Waals surface area (Å²) in [6, 6.07) is 0. The van der Waals surface area contributed by atoms with Crippen molar-refractivity contribution in [3.8, 4) is 0 Å². The maximum Gasteiger partial charge on any atom is 0.331 e. The van der Waals surface area contributed by atoms with Crippen LogP contribution >= 0.6 is 0 Å². The topological polar surface area (TPSA) is 83.8 Å². The maximum atomic E-state index is 10.9. The third kappa shape index (κ3) is 5.31. The SMILES string of the molecule is CC(C)C(CO)OC(=O)C=CC(=O)O. The Morgan fingerprint density at radius 1 is 1.36 bits per heavy atom. The quantitative estimate of drug-likeness (QED) is 0.491. The largest absolute Gasteiger partial charge is 0.478 e. The van der Waals surface area contributed by atoms with E-state index in [1.165, 1.54) is 0 Å². The van der Waals surface area contributed by atoms with Crippen LogP contribution in [0.2, 0.25) is 0 Å². The van der Waals surface area contributed by atoms with Crippen LogP contribution in [-0.2, 0) is 14.3 Å². The molecule has 1 atom stereocenters. The summed E-state index contributed by atoms with van der Waals surface area (Å²) < 4.78 is 4.77. The first-order valence-corrected chi connectivity index (χ1v) is 4.19. The van der Waals surface area contributed by atoms with Crippen LogP contribution in [0.25, 0.3) is 0 Å². The van der Waals surface area contributed by atoms with Crippen molar-refractivity contribution in [1.82, 2.24) is 0 Å². The molecule has 2 N–H and O–H groups in total. The van der Waals surface area contributed by atoms with Crippen LogP contribution in [0.1, 0.15) is 13.8 Å². The molecule has 0 aliphatic rings. The smallest absolute Gasteiger partial charge is 0.331 e. The number of esters is 1. The molecule has 0 radical (unpaired) electrons. The van der Waals surface area contributed by atoms with E-state index in [1.54, 1.807) is 13.8 Å². The summed E-state index contributed by atoms with van der Waals surface area (Å²) in [5.41, 5.74) is 0. The van der Waals surface area contributed by atoms with Crippen molar-refractivity contribution in [3.05, 3.63) is 12.2 Å². The molecule has 5 heteroatoms. The van der Waals surface area contributed by atoms with Gasteiger partial charge in [0.15, 0.2) is 0 Å². The molecule has 0 rings (SSSR count). The summed E-state index contributed by atoms with van der Waals surface area (Å²) in [5.74, 6) is -1.99. The number of carbonyl (C=O) groups excluding carboxylic acids is 1. The van der Waals surface area contributed by atoms with Crippen LogP contribution in [0.4, 0.5) is 0 Å². The van der Waals surface area contributed by atoms with Gasteiger partial charge in [-0.2, -0.15) is 0 Å². The molecule has 80 valence electrons. The molecule has 0 saturated heterocycles. The number of aliphatic hydroxyl groups is 1. The second kappa shape index (κ2) is 6.15. The normalized spacial score (nSPS) is 13.1. The molecule has 0 fully saturated rings. The lowest BCUT2D eigenvalue weighted by Crippen LogP contribution is -2.26. The minimum Gasteiger partial charge on any atom is -0.478 e. The lowest BCUT2D eigenvalue weighted by Gasteiger charge is -2.17. The molecule has 0 heterocycles. The van der Waals surface area contributed by atoms with E-state index in [-0.39, 0.29) is 12.5 Å². The van der Waals surface area contributed by atoms with E-state index in [0.717, 1.165) is 6.08 Å². The number of hydrogen-bond acceptors (Lipinski definition) is 4. The van der Waals surface area contributed by atoms with Gasteiger partial charge in [-0.15, -0.1) is 0 Å².